The molecule has 69 heavy (non-hydrogen) atoms. The predicted molar refractivity (Wildman–Crippen MR) is 251 cm³/mol. The van der Waals surface area contributed by atoms with Crippen LogP contribution in [0.5, 0.6) is 0 Å². The first kappa shape index (κ1) is 48.2. The van der Waals surface area contributed by atoms with Crippen LogP contribution in [0.2, 0.25) is 0 Å². The fourth-order valence-electron chi connectivity index (χ4n) is 11.2. The molecule has 1 spiro atoms. The van der Waals surface area contributed by atoms with Gasteiger partial charge in [0.1, 0.15) is 37.1 Å². The molecular formula is C51H64F2N8O8. The first-order chi connectivity index (χ1) is 33.6. The van der Waals surface area contributed by atoms with Crippen LogP contribution in [0.15, 0.2) is 60.9 Å². The summed E-state index contributed by atoms with van der Waals surface area (Å²) < 4.78 is 50.8. The molecule has 5 fully saturated rings. The lowest BCUT2D eigenvalue weighted by molar-refractivity contribution is -0.140. The molecule has 0 bridgehead atoms. The van der Waals surface area contributed by atoms with Gasteiger partial charge in [-0.3, -0.25) is 9.59 Å². The maximum Gasteiger partial charge on any atom is 0.407 e. The Morgan fingerprint density at radius 1 is 0.652 bits per heavy atom. The highest BCUT2D eigenvalue weighted by Gasteiger charge is 2.52. The fraction of sp³-hybridized carbons (Fsp3) is 0.569. The van der Waals surface area contributed by atoms with Crippen molar-refractivity contribution in [3.8, 4) is 33.6 Å². The Morgan fingerprint density at radius 3 is 1.64 bits per heavy atom. The van der Waals surface area contributed by atoms with Crippen molar-refractivity contribution in [1.82, 2.24) is 40.4 Å². The van der Waals surface area contributed by atoms with Crippen molar-refractivity contribution in [2.24, 2.45) is 11.8 Å². The first-order valence-electron chi connectivity index (χ1n) is 24.6. The minimum Gasteiger partial charge on any atom is -0.453 e. The Kier molecular flexibility index (Phi) is 14.9. The third kappa shape index (κ3) is 10.5. The van der Waals surface area contributed by atoms with Gasteiger partial charge in [0.25, 0.3) is 0 Å². The van der Waals surface area contributed by atoms with Gasteiger partial charge in [-0.25, -0.2) is 28.3 Å². The summed E-state index contributed by atoms with van der Waals surface area (Å²) in [7, 11) is 2.53. The van der Waals surface area contributed by atoms with Gasteiger partial charge in [-0.1, -0.05) is 61.4 Å². The third-order valence-corrected chi connectivity index (χ3v) is 15.1. The van der Waals surface area contributed by atoms with Gasteiger partial charge in [-0.15, -0.1) is 0 Å². The van der Waals surface area contributed by atoms with Gasteiger partial charge in [-0.2, -0.15) is 0 Å². The van der Waals surface area contributed by atoms with E-state index in [0.29, 0.717) is 76.4 Å². The van der Waals surface area contributed by atoms with Crippen LogP contribution in [0, 0.1) is 11.8 Å². The Labute approximate surface area is 401 Å². The second-order valence-electron chi connectivity index (χ2n) is 19.3. The van der Waals surface area contributed by atoms with E-state index in [2.05, 4.69) is 20.6 Å². The number of ether oxygens (including phenoxy) is 4. The monoisotopic (exact) mass is 954 g/mol. The summed E-state index contributed by atoms with van der Waals surface area (Å²) in [5.41, 5.74) is 5.00. The van der Waals surface area contributed by atoms with Crippen LogP contribution < -0.4 is 10.6 Å². The number of imidazole rings is 2. The Hall–Kier alpha value is -5.88. The zero-order valence-electron chi connectivity index (χ0n) is 39.4. The number of likely N-dealkylation sites (tertiary alicyclic amines) is 2. The number of amides is 4. The van der Waals surface area contributed by atoms with E-state index in [9.17, 15) is 28.0 Å². The third-order valence-electron chi connectivity index (χ3n) is 15.1. The van der Waals surface area contributed by atoms with E-state index in [1.807, 2.05) is 48.5 Å². The maximum absolute atomic E-state index is 14.6. The van der Waals surface area contributed by atoms with Gasteiger partial charge in [0.15, 0.2) is 0 Å². The normalized spacial score (nSPS) is 25.5. The van der Waals surface area contributed by atoms with Crippen molar-refractivity contribution in [3.05, 3.63) is 72.6 Å². The number of aromatic nitrogens is 4. The number of H-pyrrole nitrogens is 2. The van der Waals surface area contributed by atoms with Crippen molar-refractivity contribution in [2.45, 2.75) is 125 Å². The standard InChI is InChI=1S/C51H64F2N8O8/c1-66-49(64)58-43(35-6-4-3-5-23-68-24-19-35)47(62)60-37(27-52)15-17-41(60)45-54-29-39(56-45)33-11-7-31(8-12-33)32-9-13-34(14-10-32)40-30-55-46(57-40)42-18-16-38(28-53)61(42)48(63)44(59-50(65)67-2)36-20-25-69-51(26-36)21-22-51/h7-14,29-30,35-38,41-44H,3-6,15-28H2,1-2H3,(H,54,56)(H,55,57)(H,58,64)(H,59,65)/t35-,36+,37-,38-,41+,42+,43+,44+/m1/s1. The van der Waals surface area contributed by atoms with Gasteiger partial charge in [0, 0.05) is 19.8 Å². The Bertz CT molecular complexity index is 2400. The van der Waals surface area contributed by atoms with E-state index in [1.165, 1.54) is 14.2 Å². The minimum absolute atomic E-state index is 0.168. The number of hydrogen-bond donors (Lipinski definition) is 4. The molecule has 1 saturated carbocycles. The van der Waals surface area contributed by atoms with Gasteiger partial charge >= 0.3 is 12.2 Å². The van der Waals surface area contributed by atoms with Crippen molar-refractivity contribution in [3.63, 3.8) is 0 Å². The zero-order valence-corrected chi connectivity index (χ0v) is 39.4. The maximum atomic E-state index is 14.6. The molecule has 18 heteroatoms. The number of alkyl carbamates (subject to hydrolysis) is 2. The number of halogens is 2. The molecule has 370 valence electrons. The summed E-state index contributed by atoms with van der Waals surface area (Å²) in [6.45, 7) is 0.224. The fourth-order valence-corrected chi connectivity index (χ4v) is 11.2. The molecule has 9 rings (SSSR count). The summed E-state index contributed by atoms with van der Waals surface area (Å²) in [4.78, 5) is 73.4. The number of alkyl halides is 2. The number of carbonyl (C=O) groups is 4. The topological polar surface area (TPSA) is 193 Å². The second kappa shape index (κ2) is 21.4. The highest BCUT2D eigenvalue weighted by molar-refractivity contribution is 5.88. The number of carbonyl (C=O) groups excluding carboxylic acids is 4. The molecule has 4 aliphatic heterocycles. The largest absolute Gasteiger partial charge is 0.453 e. The molecule has 0 radical (unpaired) electrons. The van der Waals surface area contributed by atoms with Gasteiger partial charge in [0.05, 0.1) is 67.8 Å². The van der Waals surface area contributed by atoms with Gasteiger partial charge in [0.2, 0.25) is 11.8 Å². The Morgan fingerprint density at radius 2 is 1.14 bits per heavy atom. The molecule has 4 amide bonds. The molecule has 8 atom stereocenters. The van der Waals surface area contributed by atoms with E-state index in [1.54, 1.807) is 22.2 Å². The van der Waals surface area contributed by atoms with Crippen molar-refractivity contribution >= 4 is 24.0 Å². The molecule has 0 unspecified atom stereocenters. The van der Waals surface area contributed by atoms with Crippen LogP contribution in [-0.4, -0.2) is 131 Å². The summed E-state index contributed by atoms with van der Waals surface area (Å²) in [6.07, 6.45) is 11.2. The highest BCUT2D eigenvalue weighted by Crippen LogP contribution is 2.49. The number of hydrogen-bond acceptors (Lipinski definition) is 10. The van der Waals surface area contributed by atoms with Crippen LogP contribution in [0.3, 0.4) is 0 Å². The quantitative estimate of drug-likeness (QED) is 0.102. The molecule has 1 aliphatic carbocycles. The predicted octanol–water partition coefficient (Wildman–Crippen LogP) is 8.14. The number of rotatable bonds is 13. The van der Waals surface area contributed by atoms with E-state index in [0.717, 1.165) is 72.2 Å². The van der Waals surface area contributed by atoms with Crippen LogP contribution in [0.4, 0.5) is 18.4 Å². The number of aromatic amines is 2. The molecule has 4 saturated heterocycles. The average Bonchev–Trinajstić information content (AvgIpc) is 3.97. The van der Waals surface area contributed by atoms with Crippen molar-refractivity contribution < 1.29 is 46.9 Å². The minimum atomic E-state index is -0.895. The summed E-state index contributed by atoms with van der Waals surface area (Å²) in [6, 6.07) is 12.0. The Balaban J connectivity index is 0.872. The average molecular weight is 955 g/mol. The van der Waals surface area contributed by atoms with E-state index >= 15 is 0 Å². The lowest BCUT2D eigenvalue weighted by atomic mass is 9.86. The van der Waals surface area contributed by atoms with Gasteiger partial charge < -0.3 is 49.3 Å². The second-order valence-corrected chi connectivity index (χ2v) is 19.3. The van der Waals surface area contributed by atoms with E-state index < -0.39 is 61.8 Å². The van der Waals surface area contributed by atoms with Crippen molar-refractivity contribution in [1.29, 1.82) is 0 Å². The smallest absolute Gasteiger partial charge is 0.407 e. The molecule has 4 N–H and O–H groups in total. The molecule has 5 aliphatic rings. The molecule has 6 heterocycles. The number of nitrogens with one attached hydrogen (secondary N) is 4. The SMILES string of the molecule is COC(=O)N[C@H](C(=O)N1[C@@H](CF)CC[C@H]1c1ncc(-c2ccc(-c3ccc(-c4cnc([C@@H]5CC[C@H](CF)N5C(=O)[C@@H](NC(=O)OC)[C@H]5CCOC6(CC6)C5)[nH]4)cc3)cc2)[nH]1)[C@@H]1CCCCCOCC1. The zero-order chi connectivity index (χ0) is 48.1. The highest BCUT2D eigenvalue weighted by atomic mass is 19.1. The van der Waals surface area contributed by atoms with E-state index in [4.69, 9.17) is 28.9 Å². The first-order valence-corrected chi connectivity index (χ1v) is 24.6. The molecule has 2 aromatic carbocycles. The lowest BCUT2D eigenvalue weighted by Gasteiger charge is -2.38. The molecular weight excluding hydrogens is 891 g/mol. The van der Waals surface area contributed by atoms with Gasteiger partial charge in [-0.05, 0) is 105 Å². The van der Waals surface area contributed by atoms with Crippen LogP contribution in [-0.2, 0) is 28.5 Å². The molecule has 4 aromatic rings. The summed E-state index contributed by atoms with van der Waals surface area (Å²) >= 11 is 0. The van der Waals surface area contributed by atoms with Crippen LogP contribution in [0.25, 0.3) is 33.6 Å². The summed E-state index contributed by atoms with van der Waals surface area (Å²) in [5, 5.41) is 5.59. The van der Waals surface area contributed by atoms with Crippen LogP contribution >= 0.6 is 0 Å². The van der Waals surface area contributed by atoms with E-state index in [-0.39, 0.29) is 29.3 Å². The lowest BCUT2D eigenvalue weighted by Crippen LogP contribution is -2.55. The molecule has 2 aromatic heterocycles. The summed E-state index contributed by atoms with van der Waals surface area (Å²) in [5.74, 6) is 0.0760. The molecule has 16 nitrogen and oxygen atoms in total. The number of methoxy groups -OCH3 is 2. The number of nitrogens with zero attached hydrogens (tertiary/aromatic N) is 4. The van der Waals surface area contributed by atoms with Crippen LogP contribution in [0.1, 0.15) is 107 Å². The number of benzene rings is 2. The van der Waals surface area contributed by atoms with Crippen molar-refractivity contribution in [2.75, 3.05) is 47.4 Å².